The molecule has 3 N–H and O–H groups in total. The number of nitrogens with one attached hydrogen (secondary N) is 1. The Bertz CT molecular complexity index is 464. The molecule has 19 heavy (non-hydrogen) atoms. The molecule has 1 amide bonds. The van der Waals surface area contributed by atoms with E-state index >= 15 is 0 Å². The SMILES string of the molecule is CN1CCCC(Nc2ccc(Cl)c(C(N)=O)c2)CC1. The highest BCUT2D eigenvalue weighted by molar-refractivity contribution is 6.33. The van der Waals surface area contributed by atoms with Crippen LogP contribution in [0, 0.1) is 0 Å². The van der Waals surface area contributed by atoms with Crippen molar-refractivity contribution in [3.05, 3.63) is 28.8 Å². The van der Waals surface area contributed by atoms with Crippen LogP contribution in [0.5, 0.6) is 0 Å². The van der Waals surface area contributed by atoms with Gasteiger partial charge in [-0.2, -0.15) is 0 Å². The van der Waals surface area contributed by atoms with E-state index in [0.29, 0.717) is 16.6 Å². The van der Waals surface area contributed by atoms with E-state index in [1.807, 2.05) is 6.07 Å². The summed E-state index contributed by atoms with van der Waals surface area (Å²) in [6.07, 6.45) is 3.42. The molecule has 0 aliphatic carbocycles. The van der Waals surface area contributed by atoms with Crippen LogP contribution in [0.1, 0.15) is 29.6 Å². The molecule has 1 aliphatic rings. The molecule has 1 unspecified atom stereocenters. The summed E-state index contributed by atoms with van der Waals surface area (Å²) < 4.78 is 0. The first kappa shape index (κ1) is 14.2. The molecular weight excluding hydrogens is 262 g/mol. The number of hydrogen-bond acceptors (Lipinski definition) is 3. The van der Waals surface area contributed by atoms with Crippen LogP contribution < -0.4 is 11.1 Å². The van der Waals surface area contributed by atoms with Gasteiger partial charge in [-0.05, 0) is 57.6 Å². The number of carbonyl (C=O) groups excluding carboxylic acids is 1. The van der Waals surface area contributed by atoms with Gasteiger partial charge in [0.05, 0.1) is 10.6 Å². The second-order valence-corrected chi connectivity index (χ2v) is 5.54. The number of nitrogens with two attached hydrogens (primary N) is 1. The number of anilines is 1. The van der Waals surface area contributed by atoms with Gasteiger partial charge in [-0.15, -0.1) is 0 Å². The molecule has 0 aromatic heterocycles. The van der Waals surface area contributed by atoms with Gasteiger partial charge in [-0.3, -0.25) is 4.79 Å². The lowest BCUT2D eigenvalue weighted by Gasteiger charge is -2.18. The minimum Gasteiger partial charge on any atom is -0.382 e. The van der Waals surface area contributed by atoms with Gasteiger partial charge in [0.15, 0.2) is 0 Å². The van der Waals surface area contributed by atoms with Crippen molar-refractivity contribution in [1.29, 1.82) is 0 Å². The second-order valence-electron chi connectivity index (χ2n) is 5.13. The molecule has 104 valence electrons. The standard InChI is InChI=1S/C14H20ClN3O/c1-18-7-2-3-10(6-8-18)17-11-4-5-13(15)12(9-11)14(16)19/h4-5,9-10,17H,2-3,6-8H2,1H3,(H2,16,19). The summed E-state index contributed by atoms with van der Waals surface area (Å²) in [5.41, 5.74) is 6.58. The van der Waals surface area contributed by atoms with Crippen LogP contribution in [0.3, 0.4) is 0 Å². The number of amides is 1. The maximum atomic E-state index is 11.3. The van der Waals surface area contributed by atoms with Crippen molar-refractivity contribution in [2.75, 3.05) is 25.5 Å². The number of rotatable bonds is 3. The highest BCUT2D eigenvalue weighted by Crippen LogP contribution is 2.22. The van der Waals surface area contributed by atoms with Crippen LogP contribution in [-0.4, -0.2) is 37.0 Å². The van der Waals surface area contributed by atoms with Crippen LogP contribution in [-0.2, 0) is 0 Å². The maximum Gasteiger partial charge on any atom is 0.250 e. The molecule has 1 atom stereocenters. The molecule has 1 saturated heterocycles. The molecule has 1 fully saturated rings. The largest absolute Gasteiger partial charge is 0.382 e. The molecule has 1 heterocycles. The lowest BCUT2D eigenvalue weighted by atomic mass is 10.1. The van der Waals surface area contributed by atoms with Gasteiger partial charge in [0.2, 0.25) is 5.91 Å². The Labute approximate surface area is 118 Å². The Hall–Kier alpha value is -1.26. The number of nitrogens with zero attached hydrogens (tertiary/aromatic N) is 1. The molecule has 0 saturated carbocycles. The molecule has 1 aromatic carbocycles. The van der Waals surface area contributed by atoms with E-state index in [1.54, 1.807) is 12.1 Å². The second kappa shape index (κ2) is 6.26. The van der Waals surface area contributed by atoms with Crippen LogP contribution in [0.2, 0.25) is 5.02 Å². The van der Waals surface area contributed by atoms with E-state index in [-0.39, 0.29) is 0 Å². The van der Waals surface area contributed by atoms with Crippen LogP contribution in [0.4, 0.5) is 5.69 Å². The third-order valence-electron chi connectivity index (χ3n) is 3.55. The predicted octanol–water partition coefficient (Wildman–Crippen LogP) is 2.34. The maximum absolute atomic E-state index is 11.3. The van der Waals surface area contributed by atoms with Crippen LogP contribution in [0.15, 0.2) is 18.2 Å². The van der Waals surface area contributed by atoms with E-state index < -0.39 is 5.91 Å². The van der Waals surface area contributed by atoms with E-state index in [0.717, 1.165) is 31.6 Å². The van der Waals surface area contributed by atoms with E-state index in [9.17, 15) is 4.79 Å². The lowest BCUT2D eigenvalue weighted by molar-refractivity contribution is 0.100. The van der Waals surface area contributed by atoms with Gasteiger partial charge in [0, 0.05) is 11.7 Å². The quantitative estimate of drug-likeness (QED) is 0.894. The Morgan fingerprint density at radius 1 is 1.42 bits per heavy atom. The molecule has 1 aromatic rings. The summed E-state index contributed by atoms with van der Waals surface area (Å²) >= 11 is 5.94. The first-order valence-electron chi connectivity index (χ1n) is 6.60. The average molecular weight is 282 g/mol. The predicted molar refractivity (Wildman–Crippen MR) is 78.7 cm³/mol. The normalized spacial score (nSPS) is 20.8. The molecule has 4 nitrogen and oxygen atoms in total. The van der Waals surface area contributed by atoms with Crippen LogP contribution in [0.25, 0.3) is 0 Å². The summed E-state index contributed by atoms with van der Waals surface area (Å²) in [5, 5.41) is 3.87. The highest BCUT2D eigenvalue weighted by Gasteiger charge is 2.15. The molecule has 0 bridgehead atoms. The van der Waals surface area contributed by atoms with Crippen molar-refractivity contribution in [3.63, 3.8) is 0 Å². The zero-order valence-corrected chi connectivity index (χ0v) is 11.9. The van der Waals surface area contributed by atoms with E-state index in [2.05, 4.69) is 17.3 Å². The fraction of sp³-hybridized carbons (Fsp3) is 0.500. The van der Waals surface area contributed by atoms with Gasteiger partial charge in [0.1, 0.15) is 0 Å². The Morgan fingerprint density at radius 2 is 2.21 bits per heavy atom. The van der Waals surface area contributed by atoms with Gasteiger partial charge < -0.3 is 16.0 Å². The van der Waals surface area contributed by atoms with Crippen molar-refractivity contribution < 1.29 is 4.79 Å². The summed E-state index contributed by atoms with van der Waals surface area (Å²) in [5.74, 6) is -0.491. The van der Waals surface area contributed by atoms with Gasteiger partial charge in [-0.1, -0.05) is 11.6 Å². The van der Waals surface area contributed by atoms with Crippen molar-refractivity contribution in [3.8, 4) is 0 Å². The monoisotopic (exact) mass is 281 g/mol. The van der Waals surface area contributed by atoms with E-state index in [4.69, 9.17) is 17.3 Å². The number of carbonyl (C=O) groups is 1. The fourth-order valence-corrected chi connectivity index (χ4v) is 2.63. The Morgan fingerprint density at radius 3 is 2.95 bits per heavy atom. The van der Waals surface area contributed by atoms with Gasteiger partial charge in [0.25, 0.3) is 0 Å². The van der Waals surface area contributed by atoms with Crippen molar-refractivity contribution in [1.82, 2.24) is 4.90 Å². The first-order valence-corrected chi connectivity index (χ1v) is 6.98. The van der Waals surface area contributed by atoms with Crippen molar-refractivity contribution >= 4 is 23.2 Å². The number of halogens is 1. The number of primary amides is 1. The third-order valence-corrected chi connectivity index (χ3v) is 3.88. The molecule has 1 aliphatic heterocycles. The Balaban J connectivity index is 2.06. The van der Waals surface area contributed by atoms with Crippen molar-refractivity contribution in [2.24, 2.45) is 5.73 Å². The molecule has 0 spiro atoms. The van der Waals surface area contributed by atoms with Crippen LogP contribution >= 0.6 is 11.6 Å². The number of hydrogen-bond donors (Lipinski definition) is 2. The number of likely N-dealkylation sites (tertiary alicyclic amines) is 1. The zero-order valence-electron chi connectivity index (χ0n) is 11.2. The van der Waals surface area contributed by atoms with Gasteiger partial charge >= 0.3 is 0 Å². The van der Waals surface area contributed by atoms with E-state index in [1.165, 1.54) is 6.42 Å². The van der Waals surface area contributed by atoms with Crippen molar-refractivity contribution in [2.45, 2.75) is 25.3 Å². The summed E-state index contributed by atoms with van der Waals surface area (Å²) in [6.45, 7) is 2.24. The minimum atomic E-state index is -0.491. The smallest absolute Gasteiger partial charge is 0.250 e. The molecule has 2 rings (SSSR count). The fourth-order valence-electron chi connectivity index (χ4n) is 2.42. The average Bonchev–Trinajstić information content (AvgIpc) is 2.56. The number of benzene rings is 1. The zero-order chi connectivity index (χ0) is 13.8. The lowest BCUT2D eigenvalue weighted by Crippen LogP contribution is -2.23. The topological polar surface area (TPSA) is 58.4 Å². The first-order chi connectivity index (χ1) is 9.06. The third kappa shape index (κ3) is 3.85. The molecular formula is C14H20ClN3O. The molecule has 0 radical (unpaired) electrons. The van der Waals surface area contributed by atoms with Gasteiger partial charge in [-0.25, -0.2) is 0 Å². The summed E-state index contributed by atoms with van der Waals surface area (Å²) in [4.78, 5) is 13.6. The Kier molecular flexibility index (Phi) is 4.66. The highest BCUT2D eigenvalue weighted by atomic mass is 35.5. The minimum absolute atomic E-state index is 0.373. The molecule has 5 heteroatoms. The summed E-state index contributed by atoms with van der Waals surface area (Å²) in [7, 11) is 2.15. The summed E-state index contributed by atoms with van der Waals surface area (Å²) in [6, 6.07) is 5.78.